The summed E-state index contributed by atoms with van der Waals surface area (Å²) < 4.78 is 0.0270. The Bertz CT molecular complexity index is 871. The molecule has 0 aromatic heterocycles. The summed E-state index contributed by atoms with van der Waals surface area (Å²) >= 11 is 0. The number of hydroxylamine groups is 3. The third-order valence-electron chi connectivity index (χ3n) is 6.54. The molecule has 1 amide bonds. The van der Waals surface area contributed by atoms with E-state index in [1.807, 2.05) is 36.4 Å². The van der Waals surface area contributed by atoms with E-state index in [1.165, 1.54) is 11.1 Å². The van der Waals surface area contributed by atoms with Crippen molar-refractivity contribution in [3.63, 3.8) is 0 Å². The zero-order chi connectivity index (χ0) is 19.8. The number of hydrogen-bond acceptors (Lipinski definition) is 3. The van der Waals surface area contributed by atoms with Gasteiger partial charge in [0.1, 0.15) is 25.2 Å². The van der Waals surface area contributed by atoms with Crippen molar-refractivity contribution in [3.05, 3.63) is 64.7 Å². The average molecular weight is 381 g/mol. The monoisotopic (exact) mass is 381 g/mol. The summed E-state index contributed by atoms with van der Waals surface area (Å²) in [6.45, 7) is 3.89. The molecule has 0 bridgehead atoms. The SMILES string of the molecule is Cc1c(CCC[N+]2(O)CCC(O)(c3ccccc3)CC2)ccc2c1CC(=O)N2. The molecular weight excluding hydrogens is 352 g/mol. The van der Waals surface area contributed by atoms with E-state index in [0.717, 1.165) is 29.7 Å². The molecule has 5 heteroatoms. The van der Waals surface area contributed by atoms with Crippen LogP contribution in [-0.2, 0) is 23.2 Å². The van der Waals surface area contributed by atoms with Gasteiger partial charge in [0, 0.05) is 24.9 Å². The molecule has 1 fully saturated rings. The highest BCUT2D eigenvalue weighted by Gasteiger charge is 2.42. The van der Waals surface area contributed by atoms with Crippen LogP contribution in [-0.4, -0.2) is 40.5 Å². The first-order chi connectivity index (χ1) is 13.4. The minimum absolute atomic E-state index is 0.0270. The summed E-state index contributed by atoms with van der Waals surface area (Å²) in [4.78, 5) is 11.6. The lowest BCUT2D eigenvalue weighted by Crippen LogP contribution is -2.54. The van der Waals surface area contributed by atoms with Gasteiger partial charge >= 0.3 is 0 Å². The molecule has 3 N–H and O–H groups in total. The molecule has 0 aliphatic carbocycles. The lowest BCUT2D eigenvalue weighted by atomic mass is 9.84. The number of hydrogen-bond donors (Lipinski definition) is 3. The second kappa shape index (κ2) is 7.32. The zero-order valence-corrected chi connectivity index (χ0v) is 16.4. The predicted octanol–water partition coefficient (Wildman–Crippen LogP) is 3.31. The minimum Gasteiger partial charge on any atom is -0.385 e. The first-order valence-corrected chi connectivity index (χ1v) is 10.2. The largest absolute Gasteiger partial charge is 0.385 e. The minimum atomic E-state index is -0.831. The maximum absolute atomic E-state index is 11.6. The van der Waals surface area contributed by atoms with E-state index in [4.69, 9.17) is 0 Å². The highest BCUT2D eigenvalue weighted by atomic mass is 16.5. The van der Waals surface area contributed by atoms with Gasteiger partial charge in [0.15, 0.2) is 0 Å². The average Bonchev–Trinajstić information content (AvgIpc) is 3.09. The molecule has 0 unspecified atom stereocenters. The maximum Gasteiger partial charge on any atom is 0.228 e. The maximum atomic E-state index is 11.6. The Morgan fingerprint density at radius 2 is 1.82 bits per heavy atom. The van der Waals surface area contributed by atoms with E-state index in [2.05, 4.69) is 18.3 Å². The normalized spacial score (nSPS) is 26.8. The molecule has 1 saturated heterocycles. The number of aryl methyl sites for hydroxylation is 1. The Kier molecular flexibility index (Phi) is 5.00. The molecule has 2 heterocycles. The Morgan fingerprint density at radius 1 is 1.11 bits per heavy atom. The highest BCUT2D eigenvalue weighted by molar-refractivity contribution is 5.99. The van der Waals surface area contributed by atoms with E-state index in [-0.39, 0.29) is 10.6 Å². The molecule has 2 aromatic carbocycles. The quantitative estimate of drug-likeness (QED) is 0.696. The molecule has 148 valence electrons. The molecule has 2 aliphatic rings. The number of benzene rings is 2. The van der Waals surface area contributed by atoms with E-state index < -0.39 is 5.60 Å². The molecule has 0 saturated carbocycles. The molecule has 5 nitrogen and oxygen atoms in total. The van der Waals surface area contributed by atoms with Gasteiger partial charge in [-0.3, -0.25) is 4.79 Å². The smallest absolute Gasteiger partial charge is 0.228 e. The van der Waals surface area contributed by atoms with Gasteiger partial charge in [0.2, 0.25) is 5.91 Å². The van der Waals surface area contributed by atoms with Crippen LogP contribution < -0.4 is 5.32 Å². The number of aliphatic hydroxyl groups is 1. The van der Waals surface area contributed by atoms with Crippen LogP contribution in [0, 0.1) is 6.92 Å². The van der Waals surface area contributed by atoms with E-state index in [9.17, 15) is 15.1 Å². The summed E-state index contributed by atoms with van der Waals surface area (Å²) in [5.74, 6) is 0.0642. The van der Waals surface area contributed by atoms with Crippen molar-refractivity contribution in [2.24, 2.45) is 0 Å². The van der Waals surface area contributed by atoms with Gasteiger partial charge in [0.05, 0.1) is 6.42 Å². The fourth-order valence-corrected chi connectivity index (χ4v) is 4.62. The summed E-state index contributed by atoms with van der Waals surface area (Å²) in [6, 6.07) is 13.9. The first kappa shape index (κ1) is 19.1. The summed E-state index contributed by atoms with van der Waals surface area (Å²) in [6.07, 6.45) is 3.36. The molecule has 4 rings (SSSR count). The van der Waals surface area contributed by atoms with Crippen LogP contribution in [0.1, 0.15) is 41.5 Å². The molecule has 0 atom stereocenters. The Morgan fingerprint density at radius 3 is 2.54 bits per heavy atom. The number of nitrogens with zero attached hydrogens (tertiary/aromatic N) is 1. The molecular formula is C23H29N2O3+. The second-order valence-corrected chi connectivity index (χ2v) is 8.37. The number of piperidine rings is 1. The topological polar surface area (TPSA) is 69.6 Å². The van der Waals surface area contributed by atoms with Crippen LogP contribution in [0.15, 0.2) is 42.5 Å². The standard InChI is InChI=1S/C23H28N2O3/c1-17-18(9-10-21-20(17)16-22(26)24-21)6-5-13-25(28)14-11-23(27,12-15-25)19-7-3-2-4-8-19/h2-4,7-10,27-28H,5-6,11-16H2,1H3/p+1. The number of quaternary nitrogens is 1. The number of fused-ring (bicyclic) bond motifs is 1. The predicted molar refractivity (Wildman–Crippen MR) is 108 cm³/mol. The molecule has 2 aromatic rings. The molecule has 0 radical (unpaired) electrons. The van der Waals surface area contributed by atoms with Crippen molar-refractivity contribution in [2.45, 2.75) is 44.6 Å². The highest BCUT2D eigenvalue weighted by Crippen LogP contribution is 2.35. The van der Waals surface area contributed by atoms with Gasteiger partial charge in [-0.05, 0) is 41.7 Å². The van der Waals surface area contributed by atoms with E-state index >= 15 is 0 Å². The number of carbonyl (C=O) groups excluding carboxylic acids is 1. The summed E-state index contributed by atoms with van der Waals surface area (Å²) in [7, 11) is 0. The van der Waals surface area contributed by atoms with Gasteiger partial charge in [-0.2, -0.15) is 4.65 Å². The number of anilines is 1. The van der Waals surface area contributed by atoms with Crippen molar-refractivity contribution < 1.29 is 19.8 Å². The van der Waals surface area contributed by atoms with Crippen molar-refractivity contribution >= 4 is 11.6 Å². The number of likely N-dealkylation sites (tertiary alicyclic amines) is 1. The number of nitrogens with one attached hydrogen (secondary N) is 1. The van der Waals surface area contributed by atoms with Crippen molar-refractivity contribution in [3.8, 4) is 0 Å². The number of rotatable bonds is 5. The second-order valence-electron chi connectivity index (χ2n) is 8.37. The summed E-state index contributed by atoms with van der Waals surface area (Å²) in [5, 5.41) is 24.8. The Labute approximate surface area is 166 Å². The fraction of sp³-hybridized carbons (Fsp3) is 0.435. The third kappa shape index (κ3) is 3.70. The van der Waals surface area contributed by atoms with Gasteiger partial charge < -0.3 is 10.4 Å². The van der Waals surface area contributed by atoms with Gasteiger partial charge in [-0.25, -0.2) is 5.21 Å². The first-order valence-electron chi connectivity index (χ1n) is 10.2. The van der Waals surface area contributed by atoms with Crippen LogP contribution >= 0.6 is 0 Å². The number of amides is 1. The van der Waals surface area contributed by atoms with Gasteiger partial charge in [-0.1, -0.05) is 36.4 Å². The van der Waals surface area contributed by atoms with Crippen LogP contribution in [0.25, 0.3) is 0 Å². The van der Waals surface area contributed by atoms with Crippen molar-refractivity contribution in [1.29, 1.82) is 0 Å². The number of carbonyl (C=O) groups is 1. The van der Waals surface area contributed by atoms with Crippen LogP contribution in [0.4, 0.5) is 5.69 Å². The lowest BCUT2D eigenvalue weighted by Gasteiger charge is -2.41. The van der Waals surface area contributed by atoms with Crippen LogP contribution in [0.5, 0.6) is 0 Å². The Balaban J connectivity index is 1.34. The fourth-order valence-electron chi connectivity index (χ4n) is 4.62. The van der Waals surface area contributed by atoms with Crippen LogP contribution in [0.3, 0.4) is 0 Å². The van der Waals surface area contributed by atoms with E-state index in [0.29, 0.717) is 38.9 Å². The molecule has 2 aliphatic heterocycles. The van der Waals surface area contributed by atoms with Crippen molar-refractivity contribution in [1.82, 2.24) is 0 Å². The molecule has 28 heavy (non-hydrogen) atoms. The third-order valence-corrected chi connectivity index (χ3v) is 6.54. The van der Waals surface area contributed by atoms with Crippen molar-refractivity contribution in [2.75, 3.05) is 25.0 Å². The van der Waals surface area contributed by atoms with Gasteiger partial charge in [-0.15, -0.1) is 0 Å². The van der Waals surface area contributed by atoms with Gasteiger partial charge in [0.25, 0.3) is 0 Å². The molecule has 0 spiro atoms. The van der Waals surface area contributed by atoms with E-state index in [1.54, 1.807) is 0 Å². The lowest BCUT2D eigenvalue weighted by molar-refractivity contribution is -1.11. The summed E-state index contributed by atoms with van der Waals surface area (Å²) in [5.41, 5.74) is 4.60. The zero-order valence-electron chi connectivity index (χ0n) is 16.4. The van der Waals surface area contributed by atoms with Crippen LogP contribution in [0.2, 0.25) is 0 Å². The Hall–Kier alpha value is -2.21.